The maximum Gasteiger partial charge on any atom is 0.293 e. The van der Waals surface area contributed by atoms with Crippen LogP contribution in [-0.2, 0) is 11.3 Å². The Morgan fingerprint density at radius 1 is 1.50 bits per heavy atom. The number of hydrogen-bond donors (Lipinski definition) is 2. The highest BCUT2D eigenvalue weighted by Crippen LogP contribution is 2.08. The highest BCUT2D eigenvalue weighted by Gasteiger charge is 1.99. The van der Waals surface area contributed by atoms with Crippen molar-refractivity contribution in [1.29, 1.82) is 0 Å². The zero-order valence-corrected chi connectivity index (χ0v) is 7.38. The number of hydrogen-bond acceptors (Lipinski definition) is 2. The molecule has 0 saturated heterocycles. The van der Waals surface area contributed by atoms with Gasteiger partial charge in [-0.3, -0.25) is 4.79 Å². The molecule has 72 valence electrons. The first-order chi connectivity index (χ1) is 6.63. The van der Waals surface area contributed by atoms with Crippen molar-refractivity contribution in [3.05, 3.63) is 35.1 Å². The molecule has 1 aromatic carbocycles. The Balaban J connectivity index is 2.99. The van der Waals surface area contributed by atoms with Crippen LogP contribution < -0.4 is 11.5 Å². The number of halogens is 1. The highest BCUT2D eigenvalue weighted by atomic mass is 19.1. The fraction of sp³-hybridized carbons (Fsp3) is 0.100. The van der Waals surface area contributed by atoms with Gasteiger partial charge in [0.15, 0.2) is 0 Å². The lowest BCUT2D eigenvalue weighted by atomic mass is 10.1. The average molecular weight is 192 g/mol. The molecule has 0 saturated carbocycles. The molecule has 0 aliphatic carbocycles. The second-order valence-corrected chi connectivity index (χ2v) is 2.62. The van der Waals surface area contributed by atoms with Gasteiger partial charge in [0, 0.05) is 17.7 Å². The van der Waals surface area contributed by atoms with Crippen molar-refractivity contribution in [3.8, 4) is 11.8 Å². The molecule has 4 heteroatoms. The summed E-state index contributed by atoms with van der Waals surface area (Å²) < 4.78 is 13.1. The van der Waals surface area contributed by atoms with Crippen LogP contribution in [0.5, 0.6) is 0 Å². The van der Waals surface area contributed by atoms with E-state index < -0.39 is 11.7 Å². The van der Waals surface area contributed by atoms with Crippen LogP contribution in [0, 0.1) is 17.7 Å². The second kappa shape index (κ2) is 4.40. The number of rotatable bonds is 1. The van der Waals surface area contributed by atoms with E-state index in [-0.39, 0.29) is 6.54 Å². The van der Waals surface area contributed by atoms with Gasteiger partial charge in [-0.05, 0) is 18.1 Å². The van der Waals surface area contributed by atoms with E-state index in [1.165, 1.54) is 12.1 Å². The van der Waals surface area contributed by atoms with Gasteiger partial charge >= 0.3 is 0 Å². The van der Waals surface area contributed by atoms with Gasteiger partial charge in [0.1, 0.15) is 5.82 Å². The molecular formula is C10H9FN2O. The molecule has 0 radical (unpaired) electrons. The summed E-state index contributed by atoms with van der Waals surface area (Å²) in [6, 6.07) is 4.33. The molecule has 0 bridgehead atoms. The first-order valence-electron chi connectivity index (χ1n) is 3.93. The monoisotopic (exact) mass is 192 g/mol. The standard InChI is InChI=1S/C10H9FN2O/c11-9-5-7(2-4-10(13)14)1-3-8(9)6-12/h1,3,5H,6,12H2,(H2,13,14). The summed E-state index contributed by atoms with van der Waals surface area (Å²) in [5.74, 6) is 3.38. The molecule has 0 heterocycles. The largest absolute Gasteiger partial charge is 0.359 e. The zero-order valence-electron chi connectivity index (χ0n) is 7.38. The molecule has 0 unspecified atom stereocenters. The minimum Gasteiger partial charge on any atom is -0.359 e. The van der Waals surface area contributed by atoms with E-state index in [4.69, 9.17) is 11.5 Å². The summed E-state index contributed by atoms with van der Waals surface area (Å²) in [5, 5.41) is 0. The number of primary amides is 1. The molecule has 14 heavy (non-hydrogen) atoms. The summed E-state index contributed by atoms with van der Waals surface area (Å²) in [7, 11) is 0. The molecule has 0 fully saturated rings. The third-order valence-corrected chi connectivity index (χ3v) is 1.60. The fourth-order valence-corrected chi connectivity index (χ4v) is 0.924. The van der Waals surface area contributed by atoms with Crippen LogP contribution in [0.15, 0.2) is 18.2 Å². The lowest BCUT2D eigenvalue weighted by Gasteiger charge is -1.98. The van der Waals surface area contributed by atoms with E-state index in [0.29, 0.717) is 11.1 Å². The van der Waals surface area contributed by atoms with Crippen molar-refractivity contribution in [2.24, 2.45) is 11.5 Å². The van der Waals surface area contributed by atoms with Crippen LogP contribution in [0.4, 0.5) is 4.39 Å². The van der Waals surface area contributed by atoms with Crippen LogP contribution in [0.1, 0.15) is 11.1 Å². The Kier molecular flexibility index (Phi) is 3.21. The van der Waals surface area contributed by atoms with Crippen molar-refractivity contribution in [2.75, 3.05) is 0 Å². The molecule has 3 nitrogen and oxygen atoms in total. The van der Waals surface area contributed by atoms with Gasteiger partial charge in [0.25, 0.3) is 5.91 Å². The molecule has 0 aliphatic rings. The Morgan fingerprint density at radius 2 is 2.21 bits per heavy atom. The number of nitrogens with two attached hydrogens (primary N) is 2. The van der Waals surface area contributed by atoms with Gasteiger partial charge in [-0.15, -0.1) is 0 Å². The fourth-order valence-electron chi connectivity index (χ4n) is 0.924. The maximum atomic E-state index is 13.1. The normalized spacial score (nSPS) is 9.00. The Hall–Kier alpha value is -1.86. The van der Waals surface area contributed by atoms with Crippen LogP contribution in [-0.4, -0.2) is 5.91 Å². The molecule has 1 amide bonds. The van der Waals surface area contributed by atoms with Gasteiger partial charge in [0.2, 0.25) is 0 Å². The first kappa shape index (κ1) is 10.2. The molecule has 1 rings (SSSR count). The third kappa shape index (κ3) is 2.57. The third-order valence-electron chi connectivity index (χ3n) is 1.60. The van der Waals surface area contributed by atoms with Gasteiger partial charge in [-0.2, -0.15) is 0 Å². The summed E-state index contributed by atoms with van der Waals surface area (Å²) >= 11 is 0. The quantitative estimate of drug-likeness (QED) is 0.620. The number of amides is 1. The van der Waals surface area contributed by atoms with E-state index in [1.807, 2.05) is 0 Å². The molecule has 4 N–H and O–H groups in total. The number of carbonyl (C=O) groups excluding carboxylic acids is 1. The van der Waals surface area contributed by atoms with E-state index in [1.54, 1.807) is 6.07 Å². The van der Waals surface area contributed by atoms with Crippen molar-refractivity contribution in [1.82, 2.24) is 0 Å². The predicted octanol–water partition coefficient (Wildman–Crippen LogP) is 0.121. The average Bonchev–Trinajstić information content (AvgIpc) is 2.15. The molecular weight excluding hydrogens is 183 g/mol. The van der Waals surface area contributed by atoms with E-state index >= 15 is 0 Å². The van der Waals surface area contributed by atoms with Gasteiger partial charge in [-0.25, -0.2) is 4.39 Å². The van der Waals surface area contributed by atoms with Crippen LogP contribution in [0.25, 0.3) is 0 Å². The molecule has 0 aromatic heterocycles. The van der Waals surface area contributed by atoms with Crippen molar-refractivity contribution in [3.63, 3.8) is 0 Å². The summed E-state index contributed by atoms with van der Waals surface area (Å²) in [6.45, 7) is 0.134. The van der Waals surface area contributed by atoms with Gasteiger partial charge in [0.05, 0.1) is 0 Å². The first-order valence-corrected chi connectivity index (χ1v) is 3.93. The van der Waals surface area contributed by atoms with Crippen LogP contribution in [0.3, 0.4) is 0 Å². The van der Waals surface area contributed by atoms with E-state index in [9.17, 15) is 9.18 Å². The smallest absolute Gasteiger partial charge is 0.293 e. The summed E-state index contributed by atoms with van der Waals surface area (Å²) in [5.41, 5.74) is 10.9. The SMILES string of the molecule is NCc1ccc(C#CC(N)=O)cc1F. The topological polar surface area (TPSA) is 69.1 Å². The zero-order chi connectivity index (χ0) is 10.6. The second-order valence-electron chi connectivity index (χ2n) is 2.62. The van der Waals surface area contributed by atoms with Gasteiger partial charge in [-0.1, -0.05) is 12.0 Å². The maximum absolute atomic E-state index is 13.1. The Bertz CT molecular complexity index is 418. The minimum atomic E-state index is -0.742. The van der Waals surface area contributed by atoms with Crippen molar-refractivity contribution >= 4 is 5.91 Å². The molecule has 0 aliphatic heterocycles. The van der Waals surface area contributed by atoms with Crippen molar-refractivity contribution in [2.45, 2.75) is 6.54 Å². The van der Waals surface area contributed by atoms with Gasteiger partial charge < -0.3 is 11.5 Å². The van der Waals surface area contributed by atoms with E-state index in [2.05, 4.69) is 11.8 Å². The number of benzene rings is 1. The predicted molar refractivity (Wildman–Crippen MR) is 50.4 cm³/mol. The van der Waals surface area contributed by atoms with Crippen LogP contribution in [0.2, 0.25) is 0 Å². The summed E-state index contributed by atoms with van der Waals surface area (Å²) in [4.78, 5) is 10.3. The molecule has 1 aromatic rings. The van der Waals surface area contributed by atoms with Crippen molar-refractivity contribution < 1.29 is 9.18 Å². The Labute approximate surface area is 80.9 Å². The Morgan fingerprint density at radius 3 is 2.71 bits per heavy atom. The minimum absolute atomic E-state index is 0.134. The lowest BCUT2D eigenvalue weighted by Crippen LogP contribution is -2.06. The molecule has 0 atom stereocenters. The summed E-state index contributed by atoms with van der Waals surface area (Å²) in [6.07, 6.45) is 0. The lowest BCUT2D eigenvalue weighted by molar-refractivity contribution is -0.112. The van der Waals surface area contributed by atoms with E-state index in [0.717, 1.165) is 0 Å². The highest BCUT2D eigenvalue weighted by molar-refractivity contribution is 5.92. The number of carbonyl (C=O) groups is 1. The molecule has 0 spiro atoms. The van der Waals surface area contributed by atoms with Crippen LogP contribution >= 0.6 is 0 Å².